The molecule has 0 amide bonds. The largest absolute Gasteiger partial charge is 0.481 e. The zero-order chi connectivity index (χ0) is 25.1. The van der Waals surface area contributed by atoms with Crippen LogP contribution in [0.25, 0.3) is 0 Å². The summed E-state index contributed by atoms with van der Waals surface area (Å²) in [6.07, 6.45) is 15.9. The summed E-state index contributed by atoms with van der Waals surface area (Å²) in [6, 6.07) is 0. The first-order valence-corrected chi connectivity index (χ1v) is 13.1. The van der Waals surface area contributed by atoms with Crippen molar-refractivity contribution in [1.82, 2.24) is 0 Å². The lowest BCUT2D eigenvalue weighted by atomic mass is 9.67. The van der Waals surface area contributed by atoms with Gasteiger partial charge in [-0.05, 0) is 62.4 Å². The van der Waals surface area contributed by atoms with Gasteiger partial charge in [0.25, 0.3) is 0 Å². The molecule has 0 saturated carbocycles. The lowest BCUT2D eigenvalue weighted by Gasteiger charge is -2.38. The molecule has 2 aliphatic carbocycles. The van der Waals surface area contributed by atoms with Crippen LogP contribution in [-0.2, 0) is 9.59 Å². The molecule has 4 nitrogen and oxygen atoms in total. The molecule has 0 aromatic heterocycles. The van der Waals surface area contributed by atoms with Crippen LogP contribution in [0.3, 0.4) is 0 Å². The summed E-state index contributed by atoms with van der Waals surface area (Å²) >= 11 is 0. The summed E-state index contributed by atoms with van der Waals surface area (Å²) in [4.78, 5) is 20.8. The second-order valence-electron chi connectivity index (χ2n) is 8.60. The highest BCUT2D eigenvalue weighted by atomic mass is 16.4. The van der Waals surface area contributed by atoms with Gasteiger partial charge in [-0.1, -0.05) is 86.0 Å². The first-order valence-electron chi connectivity index (χ1n) is 13.1. The molecule has 0 aliphatic heterocycles. The summed E-state index contributed by atoms with van der Waals surface area (Å²) in [6.45, 7) is 15.6. The second kappa shape index (κ2) is 20.2. The molecule has 0 bridgehead atoms. The van der Waals surface area contributed by atoms with E-state index in [1.54, 1.807) is 13.8 Å². The van der Waals surface area contributed by atoms with Gasteiger partial charge in [0, 0.05) is 6.42 Å². The normalized spacial score (nSPS) is 24.1. The summed E-state index contributed by atoms with van der Waals surface area (Å²) < 4.78 is 0. The number of aliphatic hydroxyl groups is 1. The fourth-order valence-electron chi connectivity index (χ4n) is 4.10. The molecule has 2 N–H and O–H groups in total. The lowest BCUT2D eigenvalue weighted by Crippen LogP contribution is -2.29. The molecule has 5 unspecified atom stereocenters. The Morgan fingerprint density at radius 1 is 1.06 bits per heavy atom. The molecule has 0 aromatic carbocycles. The average Bonchev–Trinajstić information content (AvgIpc) is 2.79. The molecule has 0 radical (unpaired) electrons. The molecule has 188 valence electrons. The van der Waals surface area contributed by atoms with Crippen molar-refractivity contribution < 1.29 is 19.8 Å². The Balaban J connectivity index is 0. The van der Waals surface area contributed by atoms with Gasteiger partial charge < -0.3 is 15.0 Å². The molecule has 32 heavy (non-hydrogen) atoms. The number of aliphatic hydroxyl groups excluding tert-OH is 1. The maximum atomic E-state index is 10.9. The maximum absolute atomic E-state index is 10.9. The van der Waals surface area contributed by atoms with Crippen molar-refractivity contribution in [2.45, 2.75) is 119 Å². The van der Waals surface area contributed by atoms with Crippen LogP contribution in [0.2, 0.25) is 0 Å². The Kier molecular flexibility index (Phi) is 20.7. The van der Waals surface area contributed by atoms with Crippen LogP contribution < -0.4 is 0 Å². The van der Waals surface area contributed by atoms with Crippen LogP contribution in [0, 0.1) is 23.7 Å². The number of hydrogen-bond donors (Lipinski definition) is 2. The van der Waals surface area contributed by atoms with Gasteiger partial charge in [0.05, 0.1) is 12.0 Å². The van der Waals surface area contributed by atoms with Gasteiger partial charge >= 0.3 is 5.97 Å². The number of rotatable bonds is 9. The van der Waals surface area contributed by atoms with E-state index in [1.165, 1.54) is 31.3 Å². The van der Waals surface area contributed by atoms with Crippen LogP contribution >= 0.6 is 0 Å². The van der Waals surface area contributed by atoms with E-state index in [-0.39, 0.29) is 12.0 Å². The third-order valence-electron chi connectivity index (χ3n) is 6.22. The van der Waals surface area contributed by atoms with E-state index in [9.17, 15) is 14.7 Å². The van der Waals surface area contributed by atoms with E-state index in [0.717, 1.165) is 38.0 Å². The molecule has 2 aliphatic rings. The van der Waals surface area contributed by atoms with E-state index < -0.39 is 5.97 Å². The van der Waals surface area contributed by atoms with E-state index in [1.807, 2.05) is 34.6 Å². The molecule has 5 atom stereocenters. The van der Waals surface area contributed by atoms with Crippen LogP contribution in [0.5, 0.6) is 0 Å². The van der Waals surface area contributed by atoms with Gasteiger partial charge in [-0.15, -0.1) is 0 Å². The SMILES string of the molecule is CC.CC.CC(=O)CCCCCCC1C(C)C=CC2=CC(O)CCC21.CCC(C)C(=O)O. The predicted octanol–water partition coefficient (Wildman–Crippen LogP) is 7.60. The first-order chi connectivity index (χ1) is 15.3. The minimum atomic E-state index is -0.706. The quantitative estimate of drug-likeness (QED) is 0.353. The van der Waals surface area contributed by atoms with Gasteiger partial charge in [-0.3, -0.25) is 4.79 Å². The number of carboxylic acids is 1. The first kappa shape index (κ1) is 32.8. The molecular formula is C28H52O4. The zero-order valence-corrected chi connectivity index (χ0v) is 22.2. The molecule has 0 heterocycles. The molecule has 2 rings (SSSR count). The predicted molar refractivity (Wildman–Crippen MR) is 137 cm³/mol. The maximum Gasteiger partial charge on any atom is 0.306 e. The Morgan fingerprint density at radius 3 is 2.16 bits per heavy atom. The highest BCUT2D eigenvalue weighted by Gasteiger charge is 2.32. The van der Waals surface area contributed by atoms with Gasteiger partial charge in [0.2, 0.25) is 0 Å². The van der Waals surface area contributed by atoms with Crippen LogP contribution in [0.4, 0.5) is 0 Å². The summed E-state index contributed by atoms with van der Waals surface area (Å²) in [5.74, 6) is 1.48. The van der Waals surface area contributed by atoms with Crippen LogP contribution in [0.1, 0.15) is 113 Å². The van der Waals surface area contributed by atoms with Gasteiger partial charge in [0.1, 0.15) is 5.78 Å². The Hall–Kier alpha value is -1.42. The van der Waals surface area contributed by atoms with E-state index in [4.69, 9.17) is 5.11 Å². The highest BCUT2D eigenvalue weighted by molar-refractivity contribution is 5.75. The number of allylic oxidation sites excluding steroid dienone is 3. The second-order valence-corrected chi connectivity index (χ2v) is 8.60. The van der Waals surface area contributed by atoms with Crippen molar-refractivity contribution in [3.8, 4) is 0 Å². The lowest BCUT2D eigenvalue weighted by molar-refractivity contribution is -0.141. The molecule has 0 aromatic rings. The third-order valence-corrected chi connectivity index (χ3v) is 6.22. The van der Waals surface area contributed by atoms with Crippen molar-refractivity contribution >= 4 is 11.8 Å². The molecule has 0 fully saturated rings. The standard InChI is InChI=1S/C19H30O2.C5H10O2.2C2H6/c1-14-9-10-16-13-17(21)11-12-19(16)18(14)8-6-4-3-5-7-15(2)20;1-3-4(2)5(6)7;2*1-2/h9-10,13-14,17-19,21H,3-8,11-12H2,1-2H3;4H,3H2,1-2H3,(H,6,7);2*1-2H3. The summed E-state index contributed by atoms with van der Waals surface area (Å²) in [5.41, 5.74) is 1.37. The number of hydrogen-bond acceptors (Lipinski definition) is 3. The minimum Gasteiger partial charge on any atom is -0.481 e. The fraction of sp³-hybridized carbons (Fsp3) is 0.786. The highest BCUT2D eigenvalue weighted by Crippen LogP contribution is 2.42. The topological polar surface area (TPSA) is 74.6 Å². The van der Waals surface area contributed by atoms with Gasteiger partial charge in [-0.2, -0.15) is 0 Å². The Morgan fingerprint density at radius 2 is 1.66 bits per heavy atom. The Bertz CT molecular complexity index is 550. The fourth-order valence-corrected chi connectivity index (χ4v) is 4.10. The van der Waals surface area contributed by atoms with Gasteiger partial charge in [0.15, 0.2) is 0 Å². The third kappa shape index (κ3) is 13.9. The average molecular weight is 453 g/mol. The van der Waals surface area contributed by atoms with E-state index in [2.05, 4.69) is 25.2 Å². The molecule has 4 heteroatoms. The van der Waals surface area contributed by atoms with Crippen molar-refractivity contribution in [3.05, 3.63) is 23.8 Å². The molecule has 0 saturated heterocycles. The van der Waals surface area contributed by atoms with E-state index in [0.29, 0.717) is 17.6 Å². The number of carboxylic acid groups (broad SMARTS) is 1. The van der Waals surface area contributed by atoms with Crippen molar-refractivity contribution in [2.75, 3.05) is 0 Å². The zero-order valence-electron chi connectivity index (χ0n) is 22.2. The number of fused-ring (bicyclic) bond motifs is 1. The summed E-state index contributed by atoms with van der Waals surface area (Å²) in [7, 11) is 0. The number of aliphatic carboxylic acids is 1. The van der Waals surface area contributed by atoms with Crippen molar-refractivity contribution in [2.24, 2.45) is 23.7 Å². The number of ketones is 1. The number of Topliss-reactive ketones (excluding diaryl/α,β-unsaturated/α-hetero) is 1. The Labute approximate surface area is 198 Å². The van der Waals surface area contributed by atoms with Crippen LogP contribution in [-0.4, -0.2) is 28.1 Å². The van der Waals surface area contributed by atoms with E-state index >= 15 is 0 Å². The monoisotopic (exact) mass is 452 g/mol. The van der Waals surface area contributed by atoms with Crippen molar-refractivity contribution in [3.63, 3.8) is 0 Å². The number of unbranched alkanes of at least 4 members (excludes halogenated alkanes) is 3. The molecular weight excluding hydrogens is 400 g/mol. The van der Waals surface area contributed by atoms with Gasteiger partial charge in [-0.25, -0.2) is 0 Å². The van der Waals surface area contributed by atoms with Crippen molar-refractivity contribution in [1.29, 1.82) is 0 Å². The smallest absolute Gasteiger partial charge is 0.306 e. The minimum absolute atomic E-state index is 0.181. The number of carbonyl (C=O) groups excluding carboxylic acids is 1. The molecule has 0 spiro atoms. The summed E-state index contributed by atoms with van der Waals surface area (Å²) in [5, 5.41) is 18.0. The number of carbonyl (C=O) groups is 2. The van der Waals surface area contributed by atoms with Crippen LogP contribution in [0.15, 0.2) is 23.8 Å².